The average Bonchev–Trinajstić information content (AvgIpc) is 2.12. The molecular formula is C12H11NO3. The molecule has 0 saturated heterocycles. The van der Waals surface area contributed by atoms with E-state index in [-0.39, 0.29) is 5.56 Å². The fourth-order valence-electron chi connectivity index (χ4n) is 1.51. The molecule has 0 aromatic heterocycles. The number of carboxylic acids is 1. The summed E-state index contributed by atoms with van der Waals surface area (Å²) in [6.45, 7) is 3.37. The molecule has 0 fully saturated rings. The predicted octanol–water partition coefficient (Wildman–Crippen LogP) is 0.838. The van der Waals surface area contributed by atoms with Crippen LogP contribution >= 0.6 is 0 Å². The Balaban J connectivity index is 3.27. The van der Waals surface area contributed by atoms with E-state index in [9.17, 15) is 9.59 Å². The molecule has 1 aromatic rings. The maximum atomic E-state index is 10.9. The van der Waals surface area contributed by atoms with Crippen LogP contribution in [0.15, 0.2) is 12.1 Å². The standard InChI is InChI=1S/C12H11NO3/c1-7-5-9(3-4-10(13)14)6-8(2)11(7)12(15)16/h5-6H,1-2H3,(H2,13,14)(H,15,16). The van der Waals surface area contributed by atoms with Crippen molar-refractivity contribution in [2.24, 2.45) is 5.73 Å². The van der Waals surface area contributed by atoms with E-state index in [4.69, 9.17) is 10.8 Å². The molecule has 0 unspecified atom stereocenters. The Morgan fingerprint density at radius 2 is 1.75 bits per heavy atom. The van der Waals surface area contributed by atoms with E-state index >= 15 is 0 Å². The molecule has 0 bridgehead atoms. The summed E-state index contributed by atoms with van der Waals surface area (Å²) >= 11 is 0. The molecule has 1 aromatic carbocycles. The second kappa shape index (κ2) is 4.49. The van der Waals surface area contributed by atoms with Crippen molar-refractivity contribution in [1.29, 1.82) is 0 Å². The van der Waals surface area contributed by atoms with Crippen LogP contribution in [0.5, 0.6) is 0 Å². The van der Waals surface area contributed by atoms with E-state index in [2.05, 4.69) is 11.8 Å². The molecular weight excluding hydrogens is 206 g/mol. The number of hydrogen-bond acceptors (Lipinski definition) is 2. The van der Waals surface area contributed by atoms with E-state index < -0.39 is 11.9 Å². The van der Waals surface area contributed by atoms with Crippen LogP contribution in [0.25, 0.3) is 0 Å². The predicted molar refractivity (Wildman–Crippen MR) is 58.9 cm³/mol. The van der Waals surface area contributed by atoms with Crippen molar-refractivity contribution in [3.8, 4) is 11.8 Å². The normalized spacial score (nSPS) is 9.12. The maximum Gasteiger partial charge on any atom is 0.336 e. The van der Waals surface area contributed by atoms with Crippen molar-refractivity contribution in [1.82, 2.24) is 0 Å². The third-order valence-electron chi connectivity index (χ3n) is 2.08. The molecule has 4 nitrogen and oxygen atoms in total. The van der Waals surface area contributed by atoms with Crippen molar-refractivity contribution in [3.63, 3.8) is 0 Å². The molecule has 82 valence electrons. The first kappa shape index (κ1) is 11.8. The van der Waals surface area contributed by atoms with Gasteiger partial charge in [-0.05, 0) is 43.0 Å². The smallest absolute Gasteiger partial charge is 0.336 e. The third-order valence-corrected chi connectivity index (χ3v) is 2.08. The summed E-state index contributed by atoms with van der Waals surface area (Å²) in [5, 5.41) is 8.95. The van der Waals surface area contributed by atoms with Crippen LogP contribution in [0, 0.1) is 25.7 Å². The van der Waals surface area contributed by atoms with Crippen LogP contribution in [0.2, 0.25) is 0 Å². The first-order chi connectivity index (χ1) is 7.41. The van der Waals surface area contributed by atoms with E-state index in [1.54, 1.807) is 26.0 Å². The van der Waals surface area contributed by atoms with Gasteiger partial charge in [0.15, 0.2) is 0 Å². The minimum absolute atomic E-state index is 0.268. The molecule has 0 atom stereocenters. The number of benzene rings is 1. The first-order valence-electron chi connectivity index (χ1n) is 4.58. The van der Waals surface area contributed by atoms with Crippen LogP contribution in [0.4, 0.5) is 0 Å². The number of nitrogens with two attached hydrogens (primary N) is 1. The molecule has 1 amide bonds. The van der Waals surface area contributed by atoms with Gasteiger partial charge in [-0.15, -0.1) is 0 Å². The highest BCUT2D eigenvalue weighted by molar-refractivity contribution is 5.93. The van der Waals surface area contributed by atoms with Crippen molar-refractivity contribution in [2.75, 3.05) is 0 Å². The van der Waals surface area contributed by atoms with Gasteiger partial charge in [-0.1, -0.05) is 5.92 Å². The number of carboxylic acid groups (broad SMARTS) is 1. The van der Waals surface area contributed by atoms with Crippen molar-refractivity contribution >= 4 is 11.9 Å². The van der Waals surface area contributed by atoms with Crippen LogP contribution in [-0.2, 0) is 4.79 Å². The molecule has 0 aliphatic heterocycles. The quantitative estimate of drug-likeness (QED) is 0.684. The van der Waals surface area contributed by atoms with Crippen molar-refractivity contribution in [2.45, 2.75) is 13.8 Å². The molecule has 3 N–H and O–H groups in total. The Morgan fingerprint density at radius 3 is 2.12 bits per heavy atom. The number of aryl methyl sites for hydroxylation is 2. The van der Waals surface area contributed by atoms with Gasteiger partial charge in [0.05, 0.1) is 5.56 Å². The van der Waals surface area contributed by atoms with Gasteiger partial charge in [-0.25, -0.2) is 4.79 Å². The lowest BCUT2D eigenvalue weighted by Crippen LogP contribution is -2.06. The summed E-state index contributed by atoms with van der Waals surface area (Å²) in [5.41, 5.74) is 6.96. The molecule has 0 saturated carbocycles. The first-order valence-corrected chi connectivity index (χ1v) is 4.58. The number of primary amides is 1. The molecule has 4 heteroatoms. The highest BCUT2D eigenvalue weighted by atomic mass is 16.4. The number of rotatable bonds is 1. The van der Waals surface area contributed by atoms with Gasteiger partial charge >= 0.3 is 5.97 Å². The molecule has 0 aliphatic rings. The summed E-state index contributed by atoms with van der Waals surface area (Å²) in [6, 6.07) is 3.23. The molecule has 0 aliphatic carbocycles. The Bertz CT molecular complexity index is 498. The van der Waals surface area contributed by atoms with Gasteiger partial charge in [0.25, 0.3) is 5.91 Å². The molecule has 0 heterocycles. The number of carbonyl (C=O) groups is 2. The Morgan fingerprint density at radius 1 is 1.25 bits per heavy atom. The largest absolute Gasteiger partial charge is 0.478 e. The highest BCUT2D eigenvalue weighted by Crippen LogP contribution is 2.16. The fourth-order valence-corrected chi connectivity index (χ4v) is 1.51. The maximum absolute atomic E-state index is 10.9. The summed E-state index contributed by atoms with van der Waals surface area (Å²) in [6.07, 6.45) is 0. The Labute approximate surface area is 93.1 Å². The van der Waals surface area contributed by atoms with Gasteiger partial charge in [-0.2, -0.15) is 0 Å². The third kappa shape index (κ3) is 2.61. The lowest BCUT2D eigenvalue weighted by atomic mass is 9.99. The minimum Gasteiger partial charge on any atom is -0.478 e. The average molecular weight is 217 g/mol. The minimum atomic E-state index is -0.968. The summed E-state index contributed by atoms with van der Waals surface area (Å²) in [7, 11) is 0. The van der Waals surface area contributed by atoms with Crippen molar-refractivity contribution in [3.05, 3.63) is 34.4 Å². The molecule has 1 rings (SSSR count). The van der Waals surface area contributed by atoms with Crippen LogP contribution in [0.3, 0.4) is 0 Å². The van der Waals surface area contributed by atoms with Gasteiger partial charge in [0.2, 0.25) is 0 Å². The van der Waals surface area contributed by atoms with Crippen molar-refractivity contribution < 1.29 is 14.7 Å². The van der Waals surface area contributed by atoms with Crippen LogP contribution in [-0.4, -0.2) is 17.0 Å². The molecule has 16 heavy (non-hydrogen) atoms. The zero-order valence-electron chi connectivity index (χ0n) is 9.00. The molecule has 0 radical (unpaired) electrons. The highest BCUT2D eigenvalue weighted by Gasteiger charge is 2.10. The number of carbonyl (C=O) groups excluding carboxylic acids is 1. The number of hydrogen-bond donors (Lipinski definition) is 2. The topological polar surface area (TPSA) is 80.4 Å². The lowest BCUT2D eigenvalue weighted by Gasteiger charge is -2.05. The second-order valence-corrected chi connectivity index (χ2v) is 3.40. The second-order valence-electron chi connectivity index (χ2n) is 3.40. The Hall–Kier alpha value is -2.28. The van der Waals surface area contributed by atoms with E-state index in [1.807, 2.05) is 0 Å². The summed E-state index contributed by atoms with van der Waals surface area (Å²) in [5.74, 6) is 3.10. The monoisotopic (exact) mass is 217 g/mol. The Kier molecular flexibility index (Phi) is 3.31. The fraction of sp³-hybridized carbons (Fsp3) is 0.167. The van der Waals surface area contributed by atoms with Gasteiger partial charge in [0.1, 0.15) is 0 Å². The van der Waals surface area contributed by atoms with Gasteiger partial charge < -0.3 is 10.8 Å². The van der Waals surface area contributed by atoms with Gasteiger partial charge in [-0.3, -0.25) is 4.79 Å². The number of aromatic carboxylic acids is 1. The van der Waals surface area contributed by atoms with E-state index in [1.165, 1.54) is 0 Å². The lowest BCUT2D eigenvalue weighted by molar-refractivity contribution is -0.112. The summed E-state index contributed by atoms with van der Waals surface area (Å²) < 4.78 is 0. The SMILES string of the molecule is Cc1cc(C#CC(N)=O)cc(C)c1C(=O)O. The zero-order chi connectivity index (χ0) is 12.3. The zero-order valence-corrected chi connectivity index (χ0v) is 9.00. The van der Waals surface area contributed by atoms with Crippen LogP contribution in [0.1, 0.15) is 27.0 Å². The van der Waals surface area contributed by atoms with E-state index in [0.717, 1.165) is 0 Å². The van der Waals surface area contributed by atoms with Gasteiger partial charge in [0, 0.05) is 5.56 Å². The van der Waals surface area contributed by atoms with E-state index in [0.29, 0.717) is 16.7 Å². The summed E-state index contributed by atoms with van der Waals surface area (Å²) in [4.78, 5) is 21.4. The molecule has 0 spiro atoms. The van der Waals surface area contributed by atoms with Crippen LogP contribution < -0.4 is 5.73 Å². The number of amides is 1.